The van der Waals surface area contributed by atoms with E-state index in [4.69, 9.17) is 14.7 Å². The quantitative estimate of drug-likeness (QED) is 0.456. The number of carbonyl (C=O) groups is 2. The summed E-state index contributed by atoms with van der Waals surface area (Å²) in [6.07, 6.45) is 6.05. The maximum atomic E-state index is 13.1. The molecule has 1 N–H and O–H groups in total. The first-order valence-electron chi connectivity index (χ1n) is 13.6. The molecule has 40 heavy (non-hydrogen) atoms. The van der Waals surface area contributed by atoms with Gasteiger partial charge in [0.2, 0.25) is 0 Å². The third-order valence-electron chi connectivity index (χ3n) is 7.38. The Morgan fingerprint density at radius 1 is 0.850 bits per heavy atom. The maximum absolute atomic E-state index is 13.1. The van der Waals surface area contributed by atoms with E-state index in [0.29, 0.717) is 48.6 Å². The highest BCUT2D eigenvalue weighted by Gasteiger charge is 2.26. The Labute approximate surface area is 232 Å². The van der Waals surface area contributed by atoms with E-state index in [1.54, 1.807) is 53.4 Å². The van der Waals surface area contributed by atoms with Crippen molar-refractivity contribution in [2.24, 2.45) is 0 Å². The summed E-state index contributed by atoms with van der Waals surface area (Å²) in [4.78, 5) is 31.8. The molecule has 2 heterocycles. The Balaban J connectivity index is 1.05. The largest absolute Gasteiger partial charge is 0.490 e. The zero-order chi connectivity index (χ0) is 27.9. The van der Waals surface area contributed by atoms with Crippen LogP contribution in [0.25, 0.3) is 0 Å². The lowest BCUT2D eigenvalue weighted by Gasteiger charge is -2.32. The molecule has 2 aromatic carbocycles. The molecule has 0 unspecified atom stereocenters. The number of benzene rings is 2. The molecular formula is C31H31FN4O4. The summed E-state index contributed by atoms with van der Waals surface area (Å²) < 4.78 is 25.0. The Bertz CT molecular complexity index is 1340. The molecule has 0 atom stereocenters. The van der Waals surface area contributed by atoms with Crippen molar-refractivity contribution in [1.82, 2.24) is 15.2 Å². The first-order valence-corrected chi connectivity index (χ1v) is 13.6. The SMILES string of the molecule is N#Cc1ccc(OC2CCN(C(=O)c3ccc(C(=O)NC4CCC(Oc5ccc(F)cc5)CC4)nc3)CC2)cc1. The molecule has 1 aromatic heterocycles. The molecule has 1 aliphatic heterocycles. The minimum atomic E-state index is -0.295. The number of likely N-dealkylation sites (tertiary alicyclic amines) is 1. The van der Waals surface area contributed by atoms with Gasteiger partial charge in [-0.05, 0) is 86.3 Å². The summed E-state index contributed by atoms with van der Waals surface area (Å²) >= 11 is 0. The third kappa shape index (κ3) is 6.94. The second-order valence-corrected chi connectivity index (χ2v) is 10.2. The summed E-state index contributed by atoms with van der Waals surface area (Å²) in [5, 5.41) is 12.0. The molecule has 9 heteroatoms. The van der Waals surface area contributed by atoms with Gasteiger partial charge in [-0.25, -0.2) is 4.39 Å². The van der Waals surface area contributed by atoms with Crippen LogP contribution >= 0.6 is 0 Å². The van der Waals surface area contributed by atoms with Gasteiger partial charge in [0, 0.05) is 38.2 Å². The summed E-state index contributed by atoms with van der Waals surface area (Å²) in [5.74, 6) is 0.692. The van der Waals surface area contributed by atoms with Gasteiger partial charge in [-0.2, -0.15) is 5.26 Å². The molecule has 3 aromatic rings. The van der Waals surface area contributed by atoms with Gasteiger partial charge in [0.25, 0.3) is 11.8 Å². The second kappa shape index (κ2) is 12.6. The predicted molar refractivity (Wildman–Crippen MR) is 145 cm³/mol. The van der Waals surface area contributed by atoms with E-state index in [2.05, 4.69) is 16.4 Å². The highest BCUT2D eigenvalue weighted by atomic mass is 19.1. The van der Waals surface area contributed by atoms with Crippen molar-refractivity contribution in [2.45, 2.75) is 56.8 Å². The van der Waals surface area contributed by atoms with E-state index in [-0.39, 0.29) is 41.6 Å². The summed E-state index contributed by atoms with van der Waals surface area (Å²) in [7, 11) is 0. The predicted octanol–water partition coefficient (Wildman–Crippen LogP) is 4.90. The Morgan fingerprint density at radius 3 is 2.02 bits per heavy atom. The van der Waals surface area contributed by atoms with Crippen LogP contribution in [0.1, 0.15) is 64.9 Å². The molecule has 0 radical (unpaired) electrons. The number of nitrogens with zero attached hydrogens (tertiary/aromatic N) is 3. The fraction of sp³-hybridized carbons (Fsp3) is 0.355. The van der Waals surface area contributed by atoms with Crippen molar-refractivity contribution in [3.63, 3.8) is 0 Å². The molecule has 2 amide bonds. The topological polar surface area (TPSA) is 105 Å². The number of carbonyl (C=O) groups excluding carboxylic acids is 2. The first kappa shape index (κ1) is 27.1. The Kier molecular flexibility index (Phi) is 8.55. The third-order valence-corrected chi connectivity index (χ3v) is 7.38. The van der Waals surface area contributed by atoms with Crippen molar-refractivity contribution in [3.05, 3.63) is 89.5 Å². The lowest BCUT2D eigenvalue weighted by Crippen LogP contribution is -2.42. The number of aromatic nitrogens is 1. The number of rotatable bonds is 7. The lowest BCUT2D eigenvalue weighted by molar-refractivity contribution is 0.0594. The van der Waals surface area contributed by atoms with E-state index in [1.165, 1.54) is 18.3 Å². The zero-order valence-electron chi connectivity index (χ0n) is 22.1. The van der Waals surface area contributed by atoms with Crippen LogP contribution in [0.2, 0.25) is 0 Å². The highest BCUT2D eigenvalue weighted by molar-refractivity contribution is 5.96. The highest BCUT2D eigenvalue weighted by Crippen LogP contribution is 2.25. The first-order chi connectivity index (χ1) is 19.5. The lowest BCUT2D eigenvalue weighted by atomic mass is 9.92. The van der Waals surface area contributed by atoms with Gasteiger partial charge in [0.05, 0.1) is 23.3 Å². The van der Waals surface area contributed by atoms with Crippen molar-refractivity contribution in [1.29, 1.82) is 5.26 Å². The molecule has 2 fully saturated rings. The summed E-state index contributed by atoms with van der Waals surface area (Å²) in [5.41, 5.74) is 1.30. The monoisotopic (exact) mass is 542 g/mol. The van der Waals surface area contributed by atoms with Crippen LogP contribution in [0.3, 0.4) is 0 Å². The average Bonchev–Trinajstić information content (AvgIpc) is 3.00. The molecule has 0 bridgehead atoms. The molecule has 0 spiro atoms. The summed E-state index contributed by atoms with van der Waals surface area (Å²) in [6, 6.07) is 18.4. The van der Waals surface area contributed by atoms with E-state index < -0.39 is 0 Å². The molecule has 1 aliphatic carbocycles. The number of ether oxygens (including phenoxy) is 2. The van der Waals surface area contributed by atoms with E-state index >= 15 is 0 Å². The second-order valence-electron chi connectivity index (χ2n) is 10.2. The van der Waals surface area contributed by atoms with Crippen molar-refractivity contribution < 1.29 is 23.5 Å². The van der Waals surface area contributed by atoms with Gasteiger partial charge >= 0.3 is 0 Å². The number of halogens is 1. The Morgan fingerprint density at radius 2 is 1.45 bits per heavy atom. The van der Waals surface area contributed by atoms with Crippen molar-refractivity contribution in [3.8, 4) is 17.6 Å². The standard InChI is InChI=1S/C31H31FN4O4/c32-23-4-10-26(11-5-23)39-27-12-6-24(7-13-27)35-30(37)29-14-3-22(20-34-29)31(38)36-17-15-28(16-18-36)40-25-8-1-21(19-33)2-9-25/h1-5,8-11,14,20,24,27-28H,6-7,12-13,15-18H2,(H,35,37). The smallest absolute Gasteiger partial charge is 0.270 e. The summed E-state index contributed by atoms with van der Waals surface area (Å²) in [6.45, 7) is 1.13. The van der Waals surface area contributed by atoms with Gasteiger partial charge < -0.3 is 19.7 Å². The number of piperidine rings is 1. The van der Waals surface area contributed by atoms with Crippen molar-refractivity contribution in [2.75, 3.05) is 13.1 Å². The fourth-order valence-corrected chi connectivity index (χ4v) is 5.10. The minimum absolute atomic E-state index is 0.00530. The van der Waals surface area contributed by atoms with Gasteiger partial charge in [-0.3, -0.25) is 14.6 Å². The number of hydrogen-bond donors (Lipinski definition) is 1. The van der Waals surface area contributed by atoms with Gasteiger partial charge in [-0.1, -0.05) is 0 Å². The average molecular weight is 543 g/mol. The van der Waals surface area contributed by atoms with Crippen LogP contribution in [0, 0.1) is 17.1 Å². The maximum Gasteiger partial charge on any atom is 0.270 e. The fourth-order valence-electron chi connectivity index (χ4n) is 5.10. The number of amides is 2. The number of nitrogens with one attached hydrogen (secondary N) is 1. The van der Waals surface area contributed by atoms with Crippen LogP contribution in [-0.4, -0.2) is 53.0 Å². The van der Waals surface area contributed by atoms with Crippen LogP contribution in [-0.2, 0) is 0 Å². The van der Waals surface area contributed by atoms with Crippen molar-refractivity contribution >= 4 is 11.8 Å². The van der Waals surface area contributed by atoms with Crippen LogP contribution in [0.4, 0.5) is 4.39 Å². The van der Waals surface area contributed by atoms with Crippen LogP contribution in [0.15, 0.2) is 66.9 Å². The molecular weight excluding hydrogens is 511 g/mol. The number of hydrogen-bond acceptors (Lipinski definition) is 6. The van der Waals surface area contributed by atoms with E-state index in [9.17, 15) is 14.0 Å². The molecule has 1 saturated heterocycles. The van der Waals surface area contributed by atoms with Gasteiger partial charge in [0.1, 0.15) is 29.1 Å². The van der Waals surface area contributed by atoms with Gasteiger partial charge in [-0.15, -0.1) is 0 Å². The zero-order valence-corrected chi connectivity index (χ0v) is 22.1. The number of nitriles is 1. The molecule has 1 saturated carbocycles. The molecule has 5 rings (SSSR count). The molecule has 2 aliphatic rings. The normalized spacial score (nSPS) is 19.4. The van der Waals surface area contributed by atoms with Crippen LogP contribution < -0.4 is 14.8 Å². The van der Waals surface area contributed by atoms with E-state index in [1.807, 2.05) is 0 Å². The number of pyridine rings is 1. The van der Waals surface area contributed by atoms with E-state index in [0.717, 1.165) is 25.7 Å². The minimum Gasteiger partial charge on any atom is -0.490 e. The van der Waals surface area contributed by atoms with Gasteiger partial charge in [0.15, 0.2) is 0 Å². The molecule has 8 nitrogen and oxygen atoms in total. The Hall–Kier alpha value is -4.45. The van der Waals surface area contributed by atoms with Crippen LogP contribution in [0.5, 0.6) is 11.5 Å². The molecule has 206 valence electrons.